The third-order valence-corrected chi connectivity index (χ3v) is 3.23. The number of carbonyl (C=O) groups is 1. The van der Waals surface area contributed by atoms with Crippen molar-refractivity contribution in [1.29, 1.82) is 0 Å². The molecule has 0 aliphatic carbocycles. The van der Waals surface area contributed by atoms with Crippen molar-refractivity contribution in [2.75, 3.05) is 12.8 Å². The molecule has 1 aromatic heterocycles. The maximum atomic E-state index is 12.3. The van der Waals surface area contributed by atoms with Crippen LogP contribution in [-0.4, -0.2) is 28.9 Å². The van der Waals surface area contributed by atoms with Crippen LogP contribution >= 0.6 is 0 Å². The molecular weight excluding hydrogens is 214 g/mol. The van der Waals surface area contributed by atoms with E-state index in [1.807, 2.05) is 20.9 Å². The predicted octanol–water partition coefficient (Wildman–Crippen LogP) is 2.09. The van der Waals surface area contributed by atoms with E-state index < -0.39 is 0 Å². The number of pyridine rings is 1. The Balaban J connectivity index is 3.00. The number of nitrogens with two attached hydrogens (primary N) is 1. The molecule has 4 nitrogen and oxygen atoms in total. The molecule has 4 heteroatoms. The number of anilines is 1. The van der Waals surface area contributed by atoms with Gasteiger partial charge < -0.3 is 10.6 Å². The first kappa shape index (κ1) is 13.5. The van der Waals surface area contributed by atoms with Crippen molar-refractivity contribution in [3.8, 4) is 0 Å². The van der Waals surface area contributed by atoms with Crippen molar-refractivity contribution in [2.24, 2.45) is 5.92 Å². The van der Waals surface area contributed by atoms with E-state index in [1.54, 1.807) is 17.2 Å². The van der Waals surface area contributed by atoms with Gasteiger partial charge in [0.1, 0.15) is 0 Å². The van der Waals surface area contributed by atoms with Gasteiger partial charge in [-0.1, -0.05) is 13.8 Å². The molecule has 0 saturated carbocycles. The highest BCUT2D eigenvalue weighted by Gasteiger charge is 2.21. The van der Waals surface area contributed by atoms with Crippen LogP contribution in [0.5, 0.6) is 0 Å². The van der Waals surface area contributed by atoms with E-state index in [2.05, 4.69) is 18.8 Å². The molecule has 2 N–H and O–H groups in total. The second-order valence-electron chi connectivity index (χ2n) is 4.80. The van der Waals surface area contributed by atoms with Gasteiger partial charge in [-0.15, -0.1) is 0 Å². The molecule has 1 aromatic rings. The van der Waals surface area contributed by atoms with Gasteiger partial charge in [-0.05, 0) is 25.8 Å². The molecule has 0 radical (unpaired) electrons. The van der Waals surface area contributed by atoms with Crippen molar-refractivity contribution < 1.29 is 4.79 Å². The minimum Gasteiger partial charge on any atom is -0.397 e. The third kappa shape index (κ3) is 2.96. The van der Waals surface area contributed by atoms with E-state index in [0.717, 1.165) is 0 Å². The monoisotopic (exact) mass is 235 g/mol. The molecule has 1 rings (SSSR count). The van der Waals surface area contributed by atoms with Gasteiger partial charge in [0, 0.05) is 13.1 Å². The van der Waals surface area contributed by atoms with Crippen LogP contribution in [0.1, 0.15) is 36.8 Å². The molecule has 0 saturated heterocycles. The highest BCUT2D eigenvalue weighted by atomic mass is 16.2. The number of aromatic nitrogens is 1. The molecule has 0 spiro atoms. The van der Waals surface area contributed by atoms with E-state index in [0.29, 0.717) is 22.9 Å². The van der Waals surface area contributed by atoms with Crippen molar-refractivity contribution in [3.63, 3.8) is 0 Å². The Morgan fingerprint density at radius 2 is 2.00 bits per heavy atom. The molecule has 0 aromatic carbocycles. The van der Waals surface area contributed by atoms with Crippen molar-refractivity contribution in [1.82, 2.24) is 9.88 Å². The van der Waals surface area contributed by atoms with E-state index in [4.69, 9.17) is 5.73 Å². The molecule has 1 unspecified atom stereocenters. The first-order chi connectivity index (χ1) is 7.84. The molecular formula is C13H21N3O. The second-order valence-corrected chi connectivity index (χ2v) is 4.80. The molecule has 1 heterocycles. The largest absolute Gasteiger partial charge is 0.397 e. The topological polar surface area (TPSA) is 59.2 Å². The minimum absolute atomic E-state index is 0.0245. The molecule has 94 valence electrons. The summed E-state index contributed by atoms with van der Waals surface area (Å²) in [5.74, 6) is 0.391. The molecule has 0 fully saturated rings. The molecule has 0 aliphatic rings. The Morgan fingerprint density at radius 3 is 2.53 bits per heavy atom. The Morgan fingerprint density at radius 1 is 1.41 bits per heavy atom. The van der Waals surface area contributed by atoms with Crippen LogP contribution in [0.2, 0.25) is 0 Å². The molecule has 0 aliphatic heterocycles. The van der Waals surface area contributed by atoms with Gasteiger partial charge in [-0.2, -0.15) is 0 Å². The summed E-state index contributed by atoms with van der Waals surface area (Å²) in [5, 5.41) is 0. The zero-order valence-corrected chi connectivity index (χ0v) is 11.2. The first-order valence-corrected chi connectivity index (χ1v) is 5.84. The summed E-state index contributed by atoms with van der Waals surface area (Å²) in [4.78, 5) is 18.2. The van der Waals surface area contributed by atoms with Crippen molar-refractivity contribution >= 4 is 11.6 Å². The van der Waals surface area contributed by atoms with Gasteiger partial charge in [0.15, 0.2) is 0 Å². The van der Waals surface area contributed by atoms with Gasteiger partial charge in [0.05, 0.1) is 23.1 Å². The summed E-state index contributed by atoms with van der Waals surface area (Å²) < 4.78 is 0. The lowest BCUT2D eigenvalue weighted by molar-refractivity contribution is 0.0706. The zero-order valence-electron chi connectivity index (χ0n) is 11.2. The number of hydrogen-bond donors (Lipinski definition) is 1. The summed E-state index contributed by atoms with van der Waals surface area (Å²) in [5.41, 5.74) is 7.48. The van der Waals surface area contributed by atoms with E-state index in [9.17, 15) is 4.79 Å². The first-order valence-electron chi connectivity index (χ1n) is 5.84. The maximum absolute atomic E-state index is 12.3. The van der Waals surface area contributed by atoms with Gasteiger partial charge in [-0.25, -0.2) is 0 Å². The maximum Gasteiger partial charge on any atom is 0.255 e. The second kappa shape index (κ2) is 5.17. The van der Waals surface area contributed by atoms with Crippen LogP contribution in [0.15, 0.2) is 12.3 Å². The Kier molecular flexibility index (Phi) is 4.10. The molecule has 1 atom stereocenters. The standard InChI is InChI=1S/C13H21N3O/c1-8(2)10(4)16(5)13(17)12-6-11(14)7-15-9(12)3/h6-8,10H,14H2,1-5H3. The van der Waals surface area contributed by atoms with Crippen LogP contribution in [0.4, 0.5) is 5.69 Å². The van der Waals surface area contributed by atoms with Gasteiger partial charge in [0.25, 0.3) is 5.91 Å². The van der Waals surface area contributed by atoms with E-state index >= 15 is 0 Å². The smallest absolute Gasteiger partial charge is 0.255 e. The number of rotatable bonds is 3. The fourth-order valence-electron chi connectivity index (χ4n) is 1.59. The highest BCUT2D eigenvalue weighted by Crippen LogP contribution is 2.16. The summed E-state index contributed by atoms with van der Waals surface area (Å²) in [7, 11) is 1.82. The fraction of sp³-hybridized carbons (Fsp3) is 0.538. The lowest BCUT2D eigenvalue weighted by Crippen LogP contribution is -2.38. The summed E-state index contributed by atoms with van der Waals surface area (Å²) >= 11 is 0. The normalized spacial score (nSPS) is 12.6. The number of nitrogen functional groups attached to an aromatic ring is 1. The van der Waals surface area contributed by atoms with Crippen LogP contribution < -0.4 is 5.73 Å². The Hall–Kier alpha value is -1.58. The van der Waals surface area contributed by atoms with Crippen LogP contribution in [0.3, 0.4) is 0 Å². The average molecular weight is 235 g/mol. The number of nitrogens with zero attached hydrogens (tertiary/aromatic N) is 2. The van der Waals surface area contributed by atoms with Crippen molar-refractivity contribution in [2.45, 2.75) is 33.7 Å². The summed E-state index contributed by atoms with van der Waals surface area (Å²) in [6.45, 7) is 8.05. The molecule has 17 heavy (non-hydrogen) atoms. The fourth-order valence-corrected chi connectivity index (χ4v) is 1.59. The SMILES string of the molecule is Cc1ncc(N)cc1C(=O)N(C)C(C)C(C)C. The average Bonchev–Trinajstić information content (AvgIpc) is 2.29. The number of hydrogen-bond acceptors (Lipinski definition) is 3. The van der Waals surface area contributed by atoms with E-state index in [-0.39, 0.29) is 11.9 Å². The highest BCUT2D eigenvalue weighted by molar-refractivity contribution is 5.96. The lowest BCUT2D eigenvalue weighted by atomic mass is 10.0. The minimum atomic E-state index is -0.0245. The Bertz CT molecular complexity index is 415. The van der Waals surface area contributed by atoms with Crippen LogP contribution in [0.25, 0.3) is 0 Å². The van der Waals surface area contributed by atoms with Gasteiger partial charge >= 0.3 is 0 Å². The third-order valence-electron chi connectivity index (χ3n) is 3.23. The molecule has 1 amide bonds. The number of amides is 1. The van der Waals surface area contributed by atoms with Gasteiger partial charge in [-0.3, -0.25) is 9.78 Å². The number of carbonyl (C=O) groups excluding carboxylic acids is 1. The lowest BCUT2D eigenvalue weighted by Gasteiger charge is -2.28. The quantitative estimate of drug-likeness (QED) is 0.872. The summed E-state index contributed by atoms with van der Waals surface area (Å²) in [6, 6.07) is 1.87. The predicted molar refractivity (Wildman–Crippen MR) is 69.8 cm³/mol. The van der Waals surface area contributed by atoms with Crippen LogP contribution in [-0.2, 0) is 0 Å². The van der Waals surface area contributed by atoms with Crippen molar-refractivity contribution in [3.05, 3.63) is 23.5 Å². The zero-order chi connectivity index (χ0) is 13.2. The van der Waals surface area contributed by atoms with Crippen LogP contribution in [0, 0.1) is 12.8 Å². The Labute approximate surface area is 103 Å². The number of aryl methyl sites for hydroxylation is 1. The summed E-state index contributed by atoms with van der Waals surface area (Å²) in [6.07, 6.45) is 1.57. The van der Waals surface area contributed by atoms with E-state index in [1.165, 1.54) is 0 Å². The van der Waals surface area contributed by atoms with Gasteiger partial charge in [0.2, 0.25) is 0 Å². The molecule has 0 bridgehead atoms.